The van der Waals surface area contributed by atoms with E-state index in [-0.39, 0.29) is 11.3 Å². The second kappa shape index (κ2) is 2.46. The molecule has 1 fully saturated rings. The predicted molar refractivity (Wildman–Crippen MR) is 44.4 cm³/mol. The summed E-state index contributed by atoms with van der Waals surface area (Å²) in [5, 5.41) is 9.86. The van der Waals surface area contributed by atoms with Crippen LogP contribution < -0.4 is 0 Å². The van der Waals surface area contributed by atoms with Crippen molar-refractivity contribution in [3.63, 3.8) is 0 Å². The monoisotopic (exact) mass is 158 g/mol. The number of hydrogen-bond acceptors (Lipinski definition) is 2. The molecule has 0 saturated carbocycles. The lowest BCUT2D eigenvalue weighted by molar-refractivity contribution is -0.0144. The van der Waals surface area contributed by atoms with Gasteiger partial charge in [0.1, 0.15) is 0 Å². The standard InChI is InChI=1S/C9H18O2/c1-8(2,3)7-5-11-6-9(7,4)10/h7,10H,5-6H2,1-4H3/t7-,9-/m1/s1. The molecule has 0 aromatic carbocycles. The molecule has 1 N–H and O–H groups in total. The molecule has 0 aromatic rings. The first-order valence-electron chi connectivity index (χ1n) is 4.14. The topological polar surface area (TPSA) is 29.5 Å². The average molecular weight is 158 g/mol. The van der Waals surface area contributed by atoms with E-state index in [1.807, 2.05) is 6.92 Å². The first kappa shape index (κ1) is 9.01. The van der Waals surface area contributed by atoms with E-state index < -0.39 is 5.60 Å². The Hall–Kier alpha value is -0.0800. The summed E-state index contributed by atoms with van der Waals surface area (Å²) in [5.74, 6) is 0.259. The van der Waals surface area contributed by atoms with Gasteiger partial charge in [-0.2, -0.15) is 0 Å². The van der Waals surface area contributed by atoms with Gasteiger partial charge in [0.25, 0.3) is 0 Å². The molecule has 0 spiro atoms. The Morgan fingerprint density at radius 1 is 1.45 bits per heavy atom. The van der Waals surface area contributed by atoms with Crippen LogP contribution in [0.4, 0.5) is 0 Å². The van der Waals surface area contributed by atoms with Crippen molar-refractivity contribution in [1.29, 1.82) is 0 Å². The van der Waals surface area contributed by atoms with E-state index in [2.05, 4.69) is 20.8 Å². The molecule has 1 aliphatic heterocycles. The minimum atomic E-state index is -0.627. The van der Waals surface area contributed by atoms with Gasteiger partial charge in [0.05, 0.1) is 18.8 Å². The van der Waals surface area contributed by atoms with Crippen LogP contribution in [0, 0.1) is 11.3 Å². The van der Waals surface area contributed by atoms with Gasteiger partial charge in [-0.1, -0.05) is 20.8 Å². The highest BCUT2D eigenvalue weighted by Crippen LogP contribution is 2.38. The molecule has 0 unspecified atom stereocenters. The van der Waals surface area contributed by atoms with Crippen LogP contribution in [-0.4, -0.2) is 23.9 Å². The van der Waals surface area contributed by atoms with E-state index in [1.54, 1.807) is 0 Å². The van der Waals surface area contributed by atoms with Crippen molar-refractivity contribution in [2.24, 2.45) is 11.3 Å². The summed E-state index contributed by atoms with van der Waals surface area (Å²) in [6, 6.07) is 0. The molecule has 0 aromatic heterocycles. The maximum absolute atomic E-state index is 9.86. The van der Waals surface area contributed by atoms with Gasteiger partial charge >= 0.3 is 0 Å². The van der Waals surface area contributed by atoms with Gasteiger partial charge in [0.15, 0.2) is 0 Å². The number of rotatable bonds is 0. The molecule has 0 radical (unpaired) electrons. The van der Waals surface area contributed by atoms with Crippen LogP contribution >= 0.6 is 0 Å². The molecule has 0 bridgehead atoms. The fourth-order valence-electron chi connectivity index (χ4n) is 1.85. The molecule has 1 saturated heterocycles. The molecular formula is C9H18O2. The highest BCUT2D eigenvalue weighted by molar-refractivity contribution is 4.93. The second-order valence-corrected chi connectivity index (χ2v) is 4.79. The lowest BCUT2D eigenvalue weighted by Crippen LogP contribution is -2.40. The van der Waals surface area contributed by atoms with Crippen molar-refractivity contribution in [1.82, 2.24) is 0 Å². The summed E-state index contributed by atoms with van der Waals surface area (Å²) in [7, 11) is 0. The first-order chi connectivity index (χ1) is 4.84. The third kappa shape index (κ3) is 1.74. The van der Waals surface area contributed by atoms with Crippen LogP contribution in [0.15, 0.2) is 0 Å². The normalized spacial score (nSPS) is 39.5. The van der Waals surface area contributed by atoms with E-state index in [9.17, 15) is 5.11 Å². The highest BCUT2D eigenvalue weighted by Gasteiger charge is 2.44. The summed E-state index contributed by atoms with van der Waals surface area (Å²) >= 11 is 0. The molecule has 66 valence electrons. The van der Waals surface area contributed by atoms with Crippen LogP contribution in [0.3, 0.4) is 0 Å². The zero-order valence-electron chi connectivity index (χ0n) is 7.85. The Morgan fingerprint density at radius 3 is 2.18 bits per heavy atom. The maximum atomic E-state index is 9.86. The van der Waals surface area contributed by atoms with Gasteiger partial charge in [-0.25, -0.2) is 0 Å². The number of aliphatic hydroxyl groups is 1. The first-order valence-corrected chi connectivity index (χ1v) is 4.14. The third-order valence-corrected chi connectivity index (χ3v) is 2.47. The smallest absolute Gasteiger partial charge is 0.0907 e. The van der Waals surface area contributed by atoms with Crippen LogP contribution in [-0.2, 0) is 4.74 Å². The zero-order valence-corrected chi connectivity index (χ0v) is 7.85. The van der Waals surface area contributed by atoms with Crippen molar-refractivity contribution in [3.05, 3.63) is 0 Å². The number of ether oxygens (including phenoxy) is 1. The number of hydrogen-bond donors (Lipinski definition) is 1. The average Bonchev–Trinajstić information content (AvgIpc) is 2.06. The fourth-order valence-corrected chi connectivity index (χ4v) is 1.85. The van der Waals surface area contributed by atoms with Crippen molar-refractivity contribution in [2.45, 2.75) is 33.3 Å². The van der Waals surface area contributed by atoms with E-state index in [4.69, 9.17) is 4.74 Å². The maximum Gasteiger partial charge on any atom is 0.0907 e. The van der Waals surface area contributed by atoms with Crippen molar-refractivity contribution in [2.75, 3.05) is 13.2 Å². The van der Waals surface area contributed by atoms with Crippen molar-refractivity contribution in [3.8, 4) is 0 Å². The molecule has 0 amide bonds. The lowest BCUT2D eigenvalue weighted by Gasteiger charge is -2.34. The highest BCUT2D eigenvalue weighted by atomic mass is 16.5. The summed E-state index contributed by atoms with van der Waals surface area (Å²) < 4.78 is 5.25. The van der Waals surface area contributed by atoms with Gasteiger partial charge < -0.3 is 9.84 Å². The van der Waals surface area contributed by atoms with Crippen molar-refractivity contribution < 1.29 is 9.84 Å². The zero-order chi connectivity index (χ0) is 8.70. The van der Waals surface area contributed by atoms with E-state index in [0.29, 0.717) is 13.2 Å². The second-order valence-electron chi connectivity index (χ2n) is 4.79. The Morgan fingerprint density at radius 2 is 2.00 bits per heavy atom. The summed E-state index contributed by atoms with van der Waals surface area (Å²) in [6.45, 7) is 9.45. The van der Waals surface area contributed by atoms with E-state index in [1.165, 1.54) is 0 Å². The van der Waals surface area contributed by atoms with E-state index in [0.717, 1.165) is 0 Å². The largest absolute Gasteiger partial charge is 0.387 e. The fraction of sp³-hybridized carbons (Fsp3) is 1.00. The molecule has 2 nitrogen and oxygen atoms in total. The Balaban J connectivity index is 2.73. The Bertz CT molecular complexity index is 144. The van der Waals surface area contributed by atoms with Crippen LogP contribution in [0.2, 0.25) is 0 Å². The molecule has 11 heavy (non-hydrogen) atoms. The van der Waals surface area contributed by atoms with Crippen molar-refractivity contribution >= 4 is 0 Å². The molecule has 2 heteroatoms. The predicted octanol–water partition coefficient (Wildman–Crippen LogP) is 1.43. The van der Waals surface area contributed by atoms with Crippen LogP contribution in [0.1, 0.15) is 27.7 Å². The molecular weight excluding hydrogens is 140 g/mol. The quantitative estimate of drug-likeness (QED) is 0.578. The van der Waals surface area contributed by atoms with Crippen LogP contribution in [0.25, 0.3) is 0 Å². The summed E-state index contributed by atoms with van der Waals surface area (Å²) in [5.41, 5.74) is -0.488. The van der Waals surface area contributed by atoms with Gasteiger partial charge in [-0.3, -0.25) is 0 Å². The minimum absolute atomic E-state index is 0.139. The lowest BCUT2D eigenvalue weighted by atomic mass is 9.73. The van der Waals surface area contributed by atoms with Gasteiger partial charge in [0, 0.05) is 5.92 Å². The van der Waals surface area contributed by atoms with Crippen LogP contribution in [0.5, 0.6) is 0 Å². The molecule has 2 atom stereocenters. The Labute approximate surface area is 68.6 Å². The molecule has 1 heterocycles. The Kier molecular flexibility index (Phi) is 2.01. The van der Waals surface area contributed by atoms with Gasteiger partial charge in [-0.05, 0) is 12.3 Å². The minimum Gasteiger partial charge on any atom is -0.387 e. The van der Waals surface area contributed by atoms with Gasteiger partial charge in [-0.15, -0.1) is 0 Å². The van der Waals surface area contributed by atoms with Gasteiger partial charge in [0.2, 0.25) is 0 Å². The molecule has 0 aliphatic carbocycles. The third-order valence-electron chi connectivity index (χ3n) is 2.47. The summed E-state index contributed by atoms with van der Waals surface area (Å²) in [4.78, 5) is 0. The SMILES string of the molecule is CC(C)(C)[C@H]1COC[C@@]1(C)O. The van der Waals surface area contributed by atoms with E-state index >= 15 is 0 Å². The summed E-state index contributed by atoms with van der Waals surface area (Å²) in [6.07, 6.45) is 0. The molecule has 1 aliphatic rings. The molecule has 1 rings (SSSR count).